The van der Waals surface area contributed by atoms with Gasteiger partial charge in [-0.1, -0.05) is 24.6 Å². The minimum Gasteiger partial charge on any atom is -0.489 e. The van der Waals surface area contributed by atoms with Gasteiger partial charge in [-0.3, -0.25) is 24.7 Å². The molecule has 1 atom stereocenters. The number of pyridine rings is 1. The number of likely N-dealkylation sites (tertiary alicyclic amines) is 1. The van der Waals surface area contributed by atoms with Crippen LogP contribution in [0.25, 0.3) is 10.9 Å². The molecule has 1 unspecified atom stereocenters. The summed E-state index contributed by atoms with van der Waals surface area (Å²) in [4.78, 5) is 31.1. The molecule has 2 amide bonds. The molecular formula is C25H28N4O4. The van der Waals surface area contributed by atoms with E-state index >= 15 is 0 Å². The van der Waals surface area contributed by atoms with Crippen molar-refractivity contribution in [3.8, 4) is 5.75 Å². The van der Waals surface area contributed by atoms with Gasteiger partial charge in [0.2, 0.25) is 0 Å². The molecule has 2 heterocycles. The van der Waals surface area contributed by atoms with Gasteiger partial charge in [0.15, 0.2) is 0 Å². The molecule has 172 valence electrons. The SMILES string of the molecule is O=C(NCC(C(=O)NO)N1CCCCC1)c1ccc(OCc2ccnc3ccccc23)cc1. The zero-order valence-electron chi connectivity index (χ0n) is 18.4. The van der Waals surface area contributed by atoms with E-state index in [1.165, 1.54) is 0 Å². The zero-order chi connectivity index (χ0) is 23.0. The number of hydrogen-bond acceptors (Lipinski definition) is 6. The van der Waals surface area contributed by atoms with Crippen LogP contribution in [0.2, 0.25) is 0 Å². The second kappa shape index (κ2) is 10.9. The van der Waals surface area contributed by atoms with Gasteiger partial charge in [0.25, 0.3) is 11.8 Å². The van der Waals surface area contributed by atoms with E-state index in [2.05, 4.69) is 10.3 Å². The predicted molar refractivity (Wildman–Crippen MR) is 124 cm³/mol. The lowest BCUT2D eigenvalue weighted by Crippen LogP contribution is -2.53. The Morgan fingerprint density at radius 3 is 2.55 bits per heavy atom. The number of hydroxylamine groups is 1. The highest BCUT2D eigenvalue weighted by Gasteiger charge is 2.27. The number of piperidine rings is 1. The molecule has 1 fully saturated rings. The fraction of sp³-hybridized carbons (Fsp3) is 0.320. The molecule has 0 aliphatic carbocycles. The molecule has 0 bridgehead atoms. The van der Waals surface area contributed by atoms with Crippen molar-refractivity contribution >= 4 is 22.7 Å². The van der Waals surface area contributed by atoms with Crippen LogP contribution in [0.3, 0.4) is 0 Å². The van der Waals surface area contributed by atoms with Crippen molar-refractivity contribution in [2.24, 2.45) is 0 Å². The highest BCUT2D eigenvalue weighted by Crippen LogP contribution is 2.20. The number of carbonyl (C=O) groups excluding carboxylic acids is 2. The smallest absolute Gasteiger partial charge is 0.262 e. The number of carbonyl (C=O) groups is 2. The van der Waals surface area contributed by atoms with Crippen molar-refractivity contribution in [2.45, 2.75) is 31.9 Å². The Labute approximate surface area is 192 Å². The molecule has 33 heavy (non-hydrogen) atoms. The van der Waals surface area contributed by atoms with Gasteiger partial charge in [-0.2, -0.15) is 0 Å². The average Bonchev–Trinajstić information content (AvgIpc) is 2.88. The normalized spacial score (nSPS) is 15.1. The number of nitrogens with zero attached hydrogens (tertiary/aromatic N) is 2. The third-order valence-electron chi connectivity index (χ3n) is 5.95. The number of benzene rings is 2. The van der Waals surface area contributed by atoms with Crippen LogP contribution in [0.1, 0.15) is 35.2 Å². The fourth-order valence-electron chi connectivity index (χ4n) is 4.13. The molecule has 0 saturated carbocycles. The maximum atomic E-state index is 12.6. The van der Waals surface area contributed by atoms with Gasteiger partial charge >= 0.3 is 0 Å². The van der Waals surface area contributed by atoms with Crippen molar-refractivity contribution in [3.63, 3.8) is 0 Å². The van der Waals surface area contributed by atoms with E-state index in [4.69, 9.17) is 9.94 Å². The Balaban J connectivity index is 1.34. The zero-order valence-corrected chi connectivity index (χ0v) is 18.4. The van der Waals surface area contributed by atoms with E-state index in [-0.39, 0.29) is 12.5 Å². The van der Waals surface area contributed by atoms with Crippen LogP contribution in [0.15, 0.2) is 60.8 Å². The van der Waals surface area contributed by atoms with Gasteiger partial charge < -0.3 is 10.1 Å². The summed E-state index contributed by atoms with van der Waals surface area (Å²) >= 11 is 0. The van der Waals surface area contributed by atoms with Crippen molar-refractivity contribution in [1.29, 1.82) is 0 Å². The number of nitrogens with one attached hydrogen (secondary N) is 2. The monoisotopic (exact) mass is 448 g/mol. The number of aromatic nitrogens is 1. The standard InChI is InChI=1S/C25H28N4O4/c30-24(27-16-23(25(31)28-32)29-14-4-1-5-15-29)18-8-10-20(11-9-18)33-17-19-12-13-26-22-7-3-2-6-21(19)22/h2-3,6-13,23,32H,1,4-5,14-17H2,(H,27,30)(H,28,31). The molecule has 1 aromatic heterocycles. The van der Waals surface area contributed by atoms with Crippen LogP contribution in [-0.4, -0.2) is 52.6 Å². The summed E-state index contributed by atoms with van der Waals surface area (Å²) in [5, 5.41) is 12.9. The Morgan fingerprint density at radius 1 is 1.03 bits per heavy atom. The highest BCUT2D eigenvalue weighted by molar-refractivity contribution is 5.94. The molecule has 1 aliphatic rings. The fourth-order valence-corrected chi connectivity index (χ4v) is 4.13. The first-order chi connectivity index (χ1) is 16.2. The predicted octanol–water partition coefficient (Wildman–Crippen LogP) is 2.90. The molecular weight excluding hydrogens is 420 g/mol. The van der Waals surface area contributed by atoms with Crippen LogP contribution in [0.5, 0.6) is 5.75 Å². The average molecular weight is 449 g/mol. The Kier molecular flexibility index (Phi) is 7.49. The van der Waals surface area contributed by atoms with Gasteiger partial charge in [0, 0.05) is 29.3 Å². The maximum Gasteiger partial charge on any atom is 0.262 e. The second-order valence-electron chi connectivity index (χ2n) is 8.10. The van der Waals surface area contributed by atoms with Gasteiger partial charge in [0.05, 0.1) is 5.52 Å². The van der Waals surface area contributed by atoms with Gasteiger partial charge in [0.1, 0.15) is 18.4 Å². The van der Waals surface area contributed by atoms with Crippen LogP contribution >= 0.6 is 0 Å². The molecule has 4 rings (SSSR count). The first-order valence-electron chi connectivity index (χ1n) is 11.2. The van der Waals surface area contributed by atoms with Crippen LogP contribution < -0.4 is 15.5 Å². The van der Waals surface area contributed by atoms with E-state index < -0.39 is 11.9 Å². The quantitative estimate of drug-likeness (QED) is 0.362. The molecule has 2 aromatic carbocycles. The summed E-state index contributed by atoms with van der Waals surface area (Å²) in [6.45, 7) is 2.06. The van der Waals surface area contributed by atoms with Crippen LogP contribution in [-0.2, 0) is 11.4 Å². The van der Waals surface area contributed by atoms with Gasteiger partial charge in [-0.05, 0) is 62.3 Å². The summed E-state index contributed by atoms with van der Waals surface area (Å²) in [7, 11) is 0. The molecule has 0 spiro atoms. The Bertz CT molecular complexity index is 1090. The molecule has 3 aromatic rings. The molecule has 8 nitrogen and oxygen atoms in total. The second-order valence-corrected chi connectivity index (χ2v) is 8.10. The lowest BCUT2D eigenvalue weighted by atomic mass is 10.1. The summed E-state index contributed by atoms with van der Waals surface area (Å²) in [6, 6.07) is 16.1. The van der Waals surface area contributed by atoms with Crippen molar-refractivity contribution in [1.82, 2.24) is 20.7 Å². The molecule has 0 radical (unpaired) electrons. The van der Waals surface area contributed by atoms with E-state index in [1.54, 1.807) is 35.9 Å². The highest BCUT2D eigenvalue weighted by atomic mass is 16.5. The van der Waals surface area contributed by atoms with E-state index in [1.807, 2.05) is 35.2 Å². The summed E-state index contributed by atoms with van der Waals surface area (Å²) in [6.07, 6.45) is 4.89. The largest absolute Gasteiger partial charge is 0.489 e. The molecule has 8 heteroatoms. The van der Waals surface area contributed by atoms with Gasteiger partial charge in [-0.15, -0.1) is 0 Å². The number of fused-ring (bicyclic) bond motifs is 1. The summed E-state index contributed by atoms with van der Waals surface area (Å²) < 4.78 is 5.91. The summed E-state index contributed by atoms with van der Waals surface area (Å²) in [5.74, 6) is -0.141. The van der Waals surface area contributed by atoms with Gasteiger partial charge in [-0.25, -0.2) is 5.48 Å². The van der Waals surface area contributed by atoms with Crippen LogP contribution in [0, 0.1) is 0 Å². The van der Waals surface area contributed by atoms with E-state index in [0.717, 1.165) is 48.8 Å². The first kappa shape index (κ1) is 22.7. The third kappa shape index (κ3) is 5.66. The Hall–Kier alpha value is -3.49. The lowest BCUT2D eigenvalue weighted by Gasteiger charge is -2.33. The number of amides is 2. The molecule has 3 N–H and O–H groups in total. The Morgan fingerprint density at radius 2 is 1.79 bits per heavy atom. The molecule has 1 saturated heterocycles. The topological polar surface area (TPSA) is 104 Å². The molecule has 1 aliphatic heterocycles. The van der Waals surface area contributed by atoms with Crippen molar-refractivity contribution < 1.29 is 19.5 Å². The number of ether oxygens (including phenoxy) is 1. The maximum absolute atomic E-state index is 12.6. The third-order valence-corrected chi connectivity index (χ3v) is 5.95. The minimum absolute atomic E-state index is 0.124. The number of rotatable bonds is 8. The van der Waals surface area contributed by atoms with E-state index in [9.17, 15) is 9.59 Å². The number of para-hydroxylation sites is 1. The van der Waals surface area contributed by atoms with Crippen LogP contribution in [0.4, 0.5) is 0 Å². The minimum atomic E-state index is -0.600. The van der Waals surface area contributed by atoms with E-state index in [0.29, 0.717) is 17.9 Å². The number of hydrogen-bond donors (Lipinski definition) is 3. The van der Waals surface area contributed by atoms with Crippen molar-refractivity contribution in [3.05, 3.63) is 71.9 Å². The lowest BCUT2D eigenvalue weighted by molar-refractivity contribution is -0.135. The first-order valence-corrected chi connectivity index (χ1v) is 11.2. The van der Waals surface area contributed by atoms with Crippen molar-refractivity contribution in [2.75, 3.05) is 19.6 Å². The summed E-state index contributed by atoms with van der Waals surface area (Å²) in [5.41, 5.74) is 4.15.